The molecule has 2 aromatic rings. The third-order valence-electron chi connectivity index (χ3n) is 4.05. The lowest BCUT2D eigenvalue weighted by atomic mass is 10.2. The Morgan fingerprint density at radius 2 is 1.91 bits per heavy atom. The molecular weight excluding hydrogens is 276 g/mol. The Bertz CT molecular complexity index is 649. The second kappa shape index (κ2) is 6.19. The average molecular weight is 298 g/mol. The maximum atomic E-state index is 5.91. The highest BCUT2D eigenvalue weighted by molar-refractivity contribution is 5.49. The second-order valence-corrected chi connectivity index (χ2v) is 5.74. The summed E-state index contributed by atoms with van der Waals surface area (Å²) < 4.78 is 0. The number of hydrogen-bond acceptors (Lipinski definition) is 6. The fourth-order valence-electron chi connectivity index (χ4n) is 2.79. The van der Waals surface area contributed by atoms with Crippen LogP contribution >= 0.6 is 0 Å². The first-order valence-electron chi connectivity index (χ1n) is 7.52. The van der Waals surface area contributed by atoms with E-state index in [9.17, 15) is 0 Å². The van der Waals surface area contributed by atoms with E-state index >= 15 is 0 Å². The van der Waals surface area contributed by atoms with Crippen LogP contribution in [-0.4, -0.2) is 41.0 Å². The topological polar surface area (TPSA) is 84.3 Å². The summed E-state index contributed by atoms with van der Waals surface area (Å²) in [6, 6.07) is 8.66. The van der Waals surface area contributed by atoms with Crippen LogP contribution in [0.1, 0.15) is 11.1 Å². The first-order valence-corrected chi connectivity index (χ1v) is 7.52. The number of hydrogen-bond donors (Lipinski definition) is 2. The van der Waals surface area contributed by atoms with Gasteiger partial charge in [-0.15, -0.1) is 0 Å². The summed E-state index contributed by atoms with van der Waals surface area (Å²) in [4.78, 5) is 12.8. The fraction of sp³-hybridized carbons (Fsp3) is 0.375. The van der Waals surface area contributed by atoms with Crippen molar-refractivity contribution in [3.8, 4) is 0 Å². The van der Waals surface area contributed by atoms with E-state index in [1.165, 1.54) is 11.3 Å². The van der Waals surface area contributed by atoms with Crippen LogP contribution in [0.4, 0.5) is 17.5 Å². The standard InChI is InChI=1S/C16H22N6/c1-12-3-2-4-14(9-12)22-7-5-21(6-8-22)11-13-10-19-16(18)20-15(13)17/h2-4,9-10H,5-8,11H2,1H3,(H4,17,18,19,20). The van der Waals surface area contributed by atoms with Crippen LogP contribution in [0.25, 0.3) is 0 Å². The lowest BCUT2D eigenvalue weighted by molar-refractivity contribution is 0.250. The Morgan fingerprint density at radius 3 is 2.59 bits per heavy atom. The van der Waals surface area contributed by atoms with Gasteiger partial charge in [0.25, 0.3) is 0 Å². The maximum absolute atomic E-state index is 5.91. The molecule has 3 rings (SSSR count). The monoisotopic (exact) mass is 298 g/mol. The lowest BCUT2D eigenvalue weighted by Gasteiger charge is -2.36. The molecule has 116 valence electrons. The van der Waals surface area contributed by atoms with Gasteiger partial charge in [0.2, 0.25) is 5.95 Å². The van der Waals surface area contributed by atoms with Crippen molar-refractivity contribution in [1.29, 1.82) is 0 Å². The smallest absolute Gasteiger partial charge is 0.221 e. The number of nitrogen functional groups attached to an aromatic ring is 2. The minimum Gasteiger partial charge on any atom is -0.383 e. The van der Waals surface area contributed by atoms with Gasteiger partial charge in [0, 0.05) is 50.2 Å². The van der Waals surface area contributed by atoms with E-state index in [4.69, 9.17) is 11.5 Å². The summed E-state index contributed by atoms with van der Waals surface area (Å²) in [5.74, 6) is 0.708. The van der Waals surface area contributed by atoms with Gasteiger partial charge in [0.05, 0.1) is 0 Å². The molecule has 2 heterocycles. The van der Waals surface area contributed by atoms with Crippen molar-refractivity contribution >= 4 is 17.5 Å². The van der Waals surface area contributed by atoms with Crippen LogP contribution in [-0.2, 0) is 6.54 Å². The molecule has 0 amide bonds. The van der Waals surface area contributed by atoms with E-state index in [1.54, 1.807) is 6.20 Å². The van der Waals surface area contributed by atoms with Crippen LogP contribution in [0.15, 0.2) is 30.5 Å². The zero-order valence-electron chi connectivity index (χ0n) is 12.9. The Morgan fingerprint density at radius 1 is 1.14 bits per heavy atom. The number of nitrogens with two attached hydrogens (primary N) is 2. The van der Waals surface area contributed by atoms with Crippen LogP contribution in [0.5, 0.6) is 0 Å². The van der Waals surface area contributed by atoms with Gasteiger partial charge in [-0.2, -0.15) is 4.98 Å². The number of benzene rings is 1. The Hall–Kier alpha value is -2.34. The van der Waals surface area contributed by atoms with Gasteiger partial charge in [0.1, 0.15) is 5.82 Å². The Labute approximate surface area is 130 Å². The Balaban J connectivity index is 1.60. The van der Waals surface area contributed by atoms with Gasteiger partial charge in [-0.3, -0.25) is 4.90 Å². The lowest BCUT2D eigenvalue weighted by Crippen LogP contribution is -2.46. The molecule has 1 saturated heterocycles. The number of aryl methyl sites for hydroxylation is 1. The molecule has 0 radical (unpaired) electrons. The number of nitrogens with zero attached hydrogens (tertiary/aromatic N) is 4. The molecule has 0 aliphatic carbocycles. The molecule has 4 N–H and O–H groups in total. The molecule has 0 spiro atoms. The summed E-state index contributed by atoms with van der Waals surface area (Å²) >= 11 is 0. The normalized spacial score (nSPS) is 16.0. The third-order valence-corrected chi connectivity index (χ3v) is 4.05. The van der Waals surface area contributed by atoms with E-state index in [-0.39, 0.29) is 5.95 Å². The number of aromatic nitrogens is 2. The molecule has 1 aliphatic heterocycles. The van der Waals surface area contributed by atoms with Crippen molar-refractivity contribution in [2.45, 2.75) is 13.5 Å². The summed E-state index contributed by atoms with van der Waals surface area (Å²) in [5.41, 5.74) is 15.0. The van der Waals surface area contributed by atoms with Gasteiger partial charge in [-0.05, 0) is 24.6 Å². The predicted octanol–water partition coefficient (Wildman–Crippen LogP) is 1.27. The van der Waals surface area contributed by atoms with Crippen LogP contribution in [0.2, 0.25) is 0 Å². The first kappa shape index (κ1) is 14.6. The molecule has 0 unspecified atom stereocenters. The molecule has 6 heteroatoms. The summed E-state index contributed by atoms with van der Waals surface area (Å²) in [6.07, 6.45) is 1.73. The van der Waals surface area contributed by atoms with E-state index in [2.05, 4.69) is 51.0 Å². The molecule has 1 aromatic carbocycles. The van der Waals surface area contributed by atoms with E-state index < -0.39 is 0 Å². The zero-order chi connectivity index (χ0) is 15.5. The number of piperazine rings is 1. The van der Waals surface area contributed by atoms with Crippen LogP contribution in [0.3, 0.4) is 0 Å². The summed E-state index contributed by atoms with van der Waals surface area (Å²) in [7, 11) is 0. The van der Waals surface area contributed by atoms with Gasteiger partial charge >= 0.3 is 0 Å². The van der Waals surface area contributed by atoms with Gasteiger partial charge in [0.15, 0.2) is 0 Å². The van der Waals surface area contributed by atoms with Crippen LogP contribution in [0, 0.1) is 6.92 Å². The third kappa shape index (κ3) is 3.28. The van der Waals surface area contributed by atoms with Crippen molar-refractivity contribution in [3.63, 3.8) is 0 Å². The highest BCUT2D eigenvalue weighted by atomic mass is 15.3. The van der Waals surface area contributed by atoms with Gasteiger partial charge < -0.3 is 16.4 Å². The number of anilines is 3. The van der Waals surface area contributed by atoms with Crippen molar-refractivity contribution in [2.24, 2.45) is 0 Å². The molecular formula is C16H22N6. The molecule has 22 heavy (non-hydrogen) atoms. The minimum atomic E-state index is 0.227. The molecule has 1 fully saturated rings. The highest BCUT2D eigenvalue weighted by Gasteiger charge is 2.18. The fourth-order valence-corrected chi connectivity index (χ4v) is 2.79. The first-order chi connectivity index (χ1) is 10.6. The van der Waals surface area contributed by atoms with Crippen molar-refractivity contribution in [1.82, 2.24) is 14.9 Å². The maximum Gasteiger partial charge on any atom is 0.221 e. The molecule has 0 atom stereocenters. The van der Waals surface area contributed by atoms with Crippen molar-refractivity contribution in [3.05, 3.63) is 41.6 Å². The molecule has 0 bridgehead atoms. The van der Waals surface area contributed by atoms with Gasteiger partial charge in [-0.1, -0.05) is 12.1 Å². The quantitative estimate of drug-likeness (QED) is 0.888. The van der Waals surface area contributed by atoms with Crippen molar-refractivity contribution in [2.75, 3.05) is 42.5 Å². The van der Waals surface area contributed by atoms with Crippen molar-refractivity contribution < 1.29 is 0 Å². The summed E-state index contributed by atoms with van der Waals surface area (Å²) in [6.45, 7) is 6.92. The largest absolute Gasteiger partial charge is 0.383 e. The molecule has 6 nitrogen and oxygen atoms in total. The zero-order valence-corrected chi connectivity index (χ0v) is 12.9. The molecule has 1 aliphatic rings. The van der Waals surface area contributed by atoms with Crippen LogP contribution < -0.4 is 16.4 Å². The van der Waals surface area contributed by atoms with E-state index in [0.29, 0.717) is 5.82 Å². The average Bonchev–Trinajstić information content (AvgIpc) is 2.51. The molecule has 1 aromatic heterocycles. The van der Waals surface area contributed by atoms with E-state index in [0.717, 1.165) is 38.3 Å². The highest BCUT2D eigenvalue weighted by Crippen LogP contribution is 2.19. The second-order valence-electron chi connectivity index (χ2n) is 5.74. The minimum absolute atomic E-state index is 0.227. The SMILES string of the molecule is Cc1cccc(N2CCN(Cc3cnc(N)nc3N)CC2)c1. The summed E-state index contributed by atoms with van der Waals surface area (Å²) in [5, 5.41) is 0. The predicted molar refractivity (Wildman–Crippen MR) is 89.5 cm³/mol. The molecule has 0 saturated carbocycles. The number of rotatable bonds is 3. The van der Waals surface area contributed by atoms with Gasteiger partial charge in [-0.25, -0.2) is 4.98 Å². The van der Waals surface area contributed by atoms with E-state index in [1.807, 2.05) is 0 Å². The Kier molecular flexibility index (Phi) is 4.11.